The predicted octanol–water partition coefficient (Wildman–Crippen LogP) is 0.687. The Morgan fingerprint density at radius 1 is 1.54 bits per heavy atom. The van der Waals surface area contributed by atoms with Crippen LogP contribution in [-0.2, 0) is 0 Å². The number of rotatable bonds is 2. The fourth-order valence-electron chi connectivity index (χ4n) is 1.53. The first-order chi connectivity index (χ1) is 6.24. The number of nitrogens with one attached hydrogen (secondary N) is 1. The molecule has 1 aliphatic rings. The molecule has 1 aliphatic carbocycles. The maximum atomic E-state index is 5.68. The summed E-state index contributed by atoms with van der Waals surface area (Å²) in [6.45, 7) is 1.89. The molecule has 1 saturated carbocycles. The number of anilines is 1. The first kappa shape index (κ1) is 8.44. The molecule has 70 valence electrons. The second-order valence-electron chi connectivity index (χ2n) is 3.56. The molecule has 3 N–H and O–H groups in total. The van der Waals surface area contributed by atoms with Gasteiger partial charge in [-0.25, -0.2) is 9.97 Å². The summed E-state index contributed by atoms with van der Waals surface area (Å²) in [5.41, 5.74) is 5.68. The van der Waals surface area contributed by atoms with Crippen LogP contribution < -0.4 is 11.1 Å². The van der Waals surface area contributed by atoms with Gasteiger partial charge in [0.2, 0.25) is 0 Å². The van der Waals surface area contributed by atoms with Crippen LogP contribution in [0.3, 0.4) is 0 Å². The lowest BCUT2D eigenvalue weighted by molar-refractivity contribution is 0.373. The lowest BCUT2D eigenvalue weighted by Gasteiger charge is -2.33. The van der Waals surface area contributed by atoms with E-state index in [4.69, 9.17) is 5.73 Å². The van der Waals surface area contributed by atoms with Gasteiger partial charge in [0.25, 0.3) is 0 Å². The van der Waals surface area contributed by atoms with E-state index < -0.39 is 0 Å². The van der Waals surface area contributed by atoms with Crippen LogP contribution in [0.1, 0.15) is 18.7 Å². The highest BCUT2D eigenvalue weighted by atomic mass is 15.1. The number of hydrogen-bond donors (Lipinski definition) is 2. The van der Waals surface area contributed by atoms with Crippen LogP contribution in [0.5, 0.6) is 0 Å². The van der Waals surface area contributed by atoms with Crippen LogP contribution in [0.2, 0.25) is 0 Å². The van der Waals surface area contributed by atoms with Gasteiger partial charge in [0, 0.05) is 18.3 Å². The maximum Gasteiger partial charge on any atom is 0.129 e. The van der Waals surface area contributed by atoms with Crippen molar-refractivity contribution >= 4 is 5.82 Å². The summed E-state index contributed by atoms with van der Waals surface area (Å²) in [5, 5.41) is 3.32. The van der Waals surface area contributed by atoms with Crippen LogP contribution >= 0.6 is 0 Å². The highest BCUT2D eigenvalue weighted by Crippen LogP contribution is 2.21. The van der Waals surface area contributed by atoms with Gasteiger partial charge in [-0.3, -0.25) is 0 Å². The average Bonchev–Trinajstić information content (AvgIpc) is 2.01. The Morgan fingerprint density at radius 3 is 2.92 bits per heavy atom. The van der Waals surface area contributed by atoms with E-state index >= 15 is 0 Å². The molecule has 4 nitrogen and oxygen atoms in total. The fraction of sp³-hybridized carbons (Fsp3) is 0.556. The predicted molar refractivity (Wildman–Crippen MR) is 51.4 cm³/mol. The molecule has 0 radical (unpaired) electrons. The van der Waals surface area contributed by atoms with Crippen LogP contribution in [0.15, 0.2) is 12.3 Å². The average molecular weight is 178 g/mol. The highest BCUT2D eigenvalue weighted by Gasteiger charge is 2.25. The minimum absolute atomic E-state index is 0.375. The molecule has 2 rings (SSSR count). The van der Waals surface area contributed by atoms with Crippen molar-refractivity contribution in [3.8, 4) is 0 Å². The molecule has 0 aliphatic heterocycles. The molecule has 4 heteroatoms. The molecular formula is C9H14N4. The molecule has 13 heavy (non-hydrogen) atoms. The molecule has 1 aromatic rings. The first-order valence-electron chi connectivity index (χ1n) is 4.56. The lowest BCUT2D eigenvalue weighted by Crippen LogP contribution is -2.44. The number of nitrogens with two attached hydrogens (primary N) is 1. The smallest absolute Gasteiger partial charge is 0.129 e. The number of aryl methyl sites for hydroxylation is 1. The van der Waals surface area contributed by atoms with Crippen molar-refractivity contribution in [1.82, 2.24) is 9.97 Å². The van der Waals surface area contributed by atoms with Gasteiger partial charge in [0.1, 0.15) is 11.6 Å². The third-order valence-corrected chi connectivity index (χ3v) is 2.30. The van der Waals surface area contributed by atoms with Crippen molar-refractivity contribution in [3.63, 3.8) is 0 Å². The third kappa shape index (κ3) is 1.95. The van der Waals surface area contributed by atoms with E-state index in [1.165, 1.54) is 0 Å². The van der Waals surface area contributed by atoms with E-state index in [9.17, 15) is 0 Å². The Labute approximate surface area is 77.6 Å². The lowest BCUT2D eigenvalue weighted by atomic mass is 9.88. The Morgan fingerprint density at radius 2 is 2.31 bits per heavy atom. The number of aromatic nitrogens is 2. The van der Waals surface area contributed by atoms with Crippen molar-refractivity contribution in [1.29, 1.82) is 0 Å². The van der Waals surface area contributed by atoms with Crippen molar-refractivity contribution in [2.75, 3.05) is 5.32 Å². The Bertz CT molecular complexity index is 293. The largest absolute Gasteiger partial charge is 0.367 e. The summed E-state index contributed by atoms with van der Waals surface area (Å²) in [6.07, 6.45) is 3.86. The second-order valence-corrected chi connectivity index (χ2v) is 3.56. The molecule has 1 heterocycles. The van der Waals surface area contributed by atoms with Gasteiger partial charge in [-0.15, -0.1) is 0 Å². The topological polar surface area (TPSA) is 63.8 Å². The van der Waals surface area contributed by atoms with E-state index in [-0.39, 0.29) is 0 Å². The molecule has 0 saturated heterocycles. The van der Waals surface area contributed by atoms with Crippen LogP contribution in [0, 0.1) is 6.92 Å². The first-order valence-corrected chi connectivity index (χ1v) is 4.56. The molecule has 0 unspecified atom stereocenters. The minimum atomic E-state index is 0.375. The van der Waals surface area contributed by atoms with Crippen LogP contribution in [0.4, 0.5) is 5.82 Å². The van der Waals surface area contributed by atoms with Gasteiger partial charge < -0.3 is 11.1 Å². The summed E-state index contributed by atoms with van der Waals surface area (Å²) in [7, 11) is 0. The van der Waals surface area contributed by atoms with Crippen molar-refractivity contribution < 1.29 is 0 Å². The molecular weight excluding hydrogens is 164 g/mol. The zero-order valence-electron chi connectivity index (χ0n) is 7.70. The molecule has 1 fully saturated rings. The summed E-state index contributed by atoms with van der Waals surface area (Å²) in [5.74, 6) is 1.71. The molecule has 0 atom stereocenters. The summed E-state index contributed by atoms with van der Waals surface area (Å²) in [6, 6.07) is 2.77. The van der Waals surface area contributed by atoms with Gasteiger partial charge >= 0.3 is 0 Å². The van der Waals surface area contributed by atoms with Crippen molar-refractivity contribution in [3.05, 3.63) is 18.1 Å². The number of hydrogen-bond acceptors (Lipinski definition) is 4. The van der Waals surface area contributed by atoms with E-state index in [0.717, 1.165) is 24.5 Å². The van der Waals surface area contributed by atoms with Gasteiger partial charge in [-0.05, 0) is 25.8 Å². The van der Waals surface area contributed by atoms with Crippen LogP contribution in [-0.4, -0.2) is 22.1 Å². The van der Waals surface area contributed by atoms with Gasteiger partial charge in [-0.2, -0.15) is 0 Å². The molecule has 0 spiro atoms. The van der Waals surface area contributed by atoms with Gasteiger partial charge in [-0.1, -0.05) is 0 Å². The molecule has 1 aromatic heterocycles. The van der Waals surface area contributed by atoms with E-state index in [1.807, 2.05) is 13.0 Å². The zero-order valence-corrected chi connectivity index (χ0v) is 7.70. The maximum absolute atomic E-state index is 5.68. The summed E-state index contributed by atoms with van der Waals surface area (Å²) >= 11 is 0. The minimum Gasteiger partial charge on any atom is -0.367 e. The zero-order chi connectivity index (χ0) is 9.26. The third-order valence-electron chi connectivity index (χ3n) is 2.30. The van der Waals surface area contributed by atoms with Crippen molar-refractivity contribution in [2.45, 2.75) is 31.8 Å². The summed E-state index contributed by atoms with van der Waals surface area (Å²) in [4.78, 5) is 8.29. The normalized spacial score (nSPS) is 26.6. The molecule has 0 bridgehead atoms. The van der Waals surface area contributed by atoms with Crippen LogP contribution in [0.25, 0.3) is 0 Å². The second kappa shape index (κ2) is 3.30. The Kier molecular flexibility index (Phi) is 2.14. The Balaban J connectivity index is 1.94. The molecule has 0 amide bonds. The highest BCUT2D eigenvalue weighted by molar-refractivity contribution is 5.35. The summed E-state index contributed by atoms with van der Waals surface area (Å²) < 4.78 is 0. The van der Waals surface area contributed by atoms with E-state index in [2.05, 4.69) is 15.3 Å². The quantitative estimate of drug-likeness (QED) is 0.699. The molecule has 0 aromatic carbocycles. The van der Waals surface area contributed by atoms with E-state index in [0.29, 0.717) is 12.1 Å². The fourth-order valence-corrected chi connectivity index (χ4v) is 1.53. The number of nitrogens with zero attached hydrogens (tertiary/aromatic N) is 2. The van der Waals surface area contributed by atoms with Gasteiger partial charge in [0.15, 0.2) is 0 Å². The van der Waals surface area contributed by atoms with Gasteiger partial charge in [0.05, 0.1) is 0 Å². The SMILES string of the molecule is Cc1nccc(NC2CC(N)C2)n1. The van der Waals surface area contributed by atoms with Crippen molar-refractivity contribution in [2.24, 2.45) is 5.73 Å². The standard InChI is InChI=1S/C9H14N4/c1-6-11-3-2-9(12-6)13-8-4-7(10)5-8/h2-3,7-8H,4-5,10H2,1H3,(H,11,12,13). The van der Waals surface area contributed by atoms with E-state index in [1.54, 1.807) is 6.20 Å². The monoisotopic (exact) mass is 178 g/mol. The Hall–Kier alpha value is -1.16.